The first-order chi connectivity index (χ1) is 14.0. The summed E-state index contributed by atoms with van der Waals surface area (Å²) in [5.41, 5.74) is 5.27. The van der Waals surface area contributed by atoms with Gasteiger partial charge in [-0.2, -0.15) is 5.48 Å². The molecule has 6 nitrogen and oxygen atoms in total. The summed E-state index contributed by atoms with van der Waals surface area (Å²) in [7, 11) is 2.93. The number of hydrogen-bond acceptors (Lipinski definition) is 5. The molecule has 0 aliphatic carbocycles. The molecule has 2 rings (SSSR count). The number of rotatable bonds is 9. The van der Waals surface area contributed by atoms with Crippen LogP contribution in [-0.2, 0) is 21.1 Å². The fraction of sp³-hybridized carbons (Fsp3) is 0.238. The molecule has 154 valence electrons. The molecule has 0 aliphatic heterocycles. The summed E-state index contributed by atoms with van der Waals surface area (Å²) in [5.74, 6) is -0.347. The van der Waals surface area contributed by atoms with Crippen molar-refractivity contribution in [3.05, 3.63) is 75.3 Å². The second-order valence-electron chi connectivity index (χ2n) is 6.05. The van der Waals surface area contributed by atoms with E-state index in [1.807, 2.05) is 37.3 Å². The van der Waals surface area contributed by atoms with Crippen LogP contribution < -0.4 is 10.8 Å². The second kappa shape index (κ2) is 11.6. The van der Waals surface area contributed by atoms with E-state index in [0.29, 0.717) is 15.6 Å². The number of hydroxylamine groups is 1. The highest BCUT2D eigenvalue weighted by molar-refractivity contribution is 6.45. The summed E-state index contributed by atoms with van der Waals surface area (Å²) in [5, 5.41) is 7.55. The van der Waals surface area contributed by atoms with Gasteiger partial charge in [-0.15, -0.1) is 0 Å². The van der Waals surface area contributed by atoms with E-state index < -0.39 is 0 Å². The molecule has 1 atom stereocenters. The van der Waals surface area contributed by atoms with E-state index in [0.717, 1.165) is 11.1 Å². The predicted octanol–water partition coefficient (Wildman–Crippen LogP) is 4.21. The van der Waals surface area contributed by atoms with E-state index in [9.17, 15) is 4.79 Å². The lowest BCUT2D eigenvalue weighted by molar-refractivity contribution is -0.114. The van der Waals surface area contributed by atoms with Crippen LogP contribution >= 0.6 is 23.2 Å². The maximum atomic E-state index is 12.1. The number of oxime groups is 1. The average molecular weight is 436 g/mol. The molecule has 0 radical (unpaired) electrons. The van der Waals surface area contributed by atoms with Gasteiger partial charge >= 0.3 is 0 Å². The molecule has 0 spiro atoms. The van der Waals surface area contributed by atoms with E-state index in [-0.39, 0.29) is 24.3 Å². The standard InChI is InChI=1S/C21H23Cl2N3O3/c1-14(11-12-17-18(22)9-6-10-19(17)23)25-29-13-15-7-4-5-8-16(15)20(26-28-3)21(27)24-2/h4-12,14,25H,13H2,1-3H3,(H,24,27)/b12-11+,26-20+. The average Bonchev–Trinajstić information content (AvgIpc) is 2.71. The Balaban J connectivity index is 2.03. The highest BCUT2D eigenvalue weighted by atomic mass is 35.5. The molecule has 0 saturated heterocycles. The van der Waals surface area contributed by atoms with Gasteiger partial charge in [0.05, 0.1) is 6.61 Å². The van der Waals surface area contributed by atoms with E-state index >= 15 is 0 Å². The number of halogens is 2. The summed E-state index contributed by atoms with van der Waals surface area (Å²) < 4.78 is 0. The summed E-state index contributed by atoms with van der Waals surface area (Å²) in [6, 6.07) is 12.6. The van der Waals surface area contributed by atoms with Crippen molar-refractivity contribution in [1.82, 2.24) is 10.8 Å². The molecule has 2 N–H and O–H groups in total. The van der Waals surface area contributed by atoms with Crippen molar-refractivity contribution in [2.75, 3.05) is 14.2 Å². The van der Waals surface area contributed by atoms with Crippen LogP contribution in [0.25, 0.3) is 6.08 Å². The van der Waals surface area contributed by atoms with Crippen molar-refractivity contribution < 1.29 is 14.5 Å². The third-order valence-corrected chi connectivity index (χ3v) is 4.60. The van der Waals surface area contributed by atoms with Crippen LogP contribution in [0.1, 0.15) is 23.6 Å². The third kappa shape index (κ3) is 6.58. The molecular weight excluding hydrogens is 413 g/mol. The zero-order valence-corrected chi connectivity index (χ0v) is 17.9. The smallest absolute Gasteiger partial charge is 0.273 e. The van der Waals surface area contributed by atoms with Crippen molar-refractivity contribution in [1.29, 1.82) is 0 Å². The molecule has 0 aromatic heterocycles. The molecule has 2 aromatic rings. The predicted molar refractivity (Wildman–Crippen MR) is 117 cm³/mol. The molecule has 0 aliphatic rings. The van der Waals surface area contributed by atoms with Crippen LogP contribution in [0.15, 0.2) is 53.7 Å². The fourth-order valence-corrected chi connectivity index (χ4v) is 3.02. The lowest BCUT2D eigenvalue weighted by atomic mass is 10.0. The summed E-state index contributed by atoms with van der Waals surface area (Å²) in [4.78, 5) is 22.5. The summed E-state index contributed by atoms with van der Waals surface area (Å²) in [6.07, 6.45) is 3.73. The lowest BCUT2D eigenvalue weighted by Gasteiger charge is -2.13. The number of carbonyl (C=O) groups is 1. The molecule has 0 heterocycles. The zero-order chi connectivity index (χ0) is 21.2. The Morgan fingerprint density at radius 1 is 1.17 bits per heavy atom. The summed E-state index contributed by atoms with van der Waals surface area (Å²) in [6.45, 7) is 2.15. The first-order valence-corrected chi connectivity index (χ1v) is 9.64. The van der Waals surface area contributed by atoms with Crippen molar-refractivity contribution in [2.24, 2.45) is 5.16 Å². The van der Waals surface area contributed by atoms with Gasteiger partial charge in [0.15, 0.2) is 5.71 Å². The molecule has 0 bridgehead atoms. The Hall–Kier alpha value is -2.38. The molecule has 8 heteroatoms. The van der Waals surface area contributed by atoms with Crippen molar-refractivity contribution in [3.63, 3.8) is 0 Å². The number of nitrogens with zero attached hydrogens (tertiary/aromatic N) is 1. The Kier molecular flexibility index (Phi) is 9.15. The third-order valence-electron chi connectivity index (χ3n) is 3.95. The highest BCUT2D eigenvalue weighted by Crippen LogP contribution is 2.25. The van der Waals surface area contributed by atoms with Crippen LogP contribution in [0.4, 0.5) is 0 Å². The SMILES string of the molecule is CNC(=O)/C(=N/OC)c1ccccc1CONC(C)/C=C/c1c(Cl)cccc1Cl. The largest absolute Gasteiger partial charge is 0.398 e. The highest BCUT2D eigenvalue weighted by Gasteiger charge is 2.17. The van der Waals surface area contributed by atoms with Gasteiger partial charge in [-0.05, 0) is 24.6 Å². The molecule has 29 heavy (non-hydrogen) atoms. The van der Waals surface area contributed by atoms with E-state index in [1.54, 1.807) is 24.3 Å². The molecular formula is C21H23Cl2N3O3. The Morgan fingerprint density at radius 2 is 1.86 bits per heavy atom. The topological polar surface area (TPSA) is 72.0 Å². The van der Waals surface area contributed by atoms with Gasteiger partial charge in [0, 0.05) is 34.3 Å². The van der Waals surface area contributed by atoms with E-state index in [4.69, 9.17) is 32.9 Å². The van der Waals surface area contributed by atoms with Gasteiger partial charge in [0.2, 0.25) is 0 Å². The van der Waals surface area contributed by atoms with Crippen molar-refractivity contribution in [3.8, 4) is 0 Å². The number of amides is 1. The number of carbonyl (C=O) groups excluding carboxylic acids is 1. The number of likely N-dealkylation sites (N-methyl/N-ethyl adjacent to an activating group) is 1. The first-order valence-electron chi connectivity index (χ1n) is 8.89. The van der Waals surface area contributed by atoms with Crippen LogP contribution in [0.3, 0.4) is 0 Å². The molecule has 1 amide bonds. The lowest BCUT2D eigenvalue weighted by Crippen LogP contribution is -2.30. The van der Waals surface area contributed by atoms with Gasteiger partial charge in [-0.1, -0.05) is 70.8 Å². The molecule has 0 fully saturated rings. The van der Waals surface area contributed by atoms with E-state index in [1.165, 1.54) is 14.2 Å². The van der Waals surface area contributed by atoms with Crippen LogP contribution in [0.2, 0.25) is 10.0 Å². The van der Waals surface area contributed by atoms with Crippen molar-refractivity contribution >= 4 is 40.9 Å². The quantitative estimate of drug-likeness (QED) is 0.456. The molecule has 0 saturated carbocycles. The number of nitrogens with one attached hydrogen (secondary N) is 2. The van der Waals surface area contributed by atoms with Gasteiger partial charge in [0.1, 0.15) is 7.11 Å². The van der Waals surface area contributed by atoms with Crippen molar-refractivity contribution in [2.45, 2.75) is 19.6 Å². The molecule has 1 unspecified atom stereocenters. The minimum atomic E-state index is -0.347. The maximum absolute atomic E-state index is 12.1. The molecule has 2 aromatic carbocycles. The Labute approximate surface area is 180 Å². The minimum Gasteiger partial charge on any atom is -0.398 e. The van der Waals surface area contributed by atoms with Gasteiger partial charge in [-0.3, -0.25) is 9.63 Å². The van der Waals surface area contributed by atoms with E-state index in [2.05, 4.69) is 16.0 Å². The van der Waals surface area contributed by atoms with Gasteiger partial charge in [-0.25, -0.2) is 0 Å². The number of benzene rings is 2. The Morgan fingerprint density at radius 3 is 2.52 bits per heavy atom. The van der Waals surface area contributed by atoms with Crippen LogP contribution in [0.5, 0.6) is 0 Å². The van der Waals surface area contributed by atoms with Gasteiger partial charge < -0.3 is 10.2 Å². The van der Waals surface area contributed by atoms with Crippen LogP contribution in [0, 0.1) is 0 Å². The fourth-order valence-electron chi connectivity index (χ4n) is 2.50. The van der Waals surface area contributed by atoms with Gasteiger partial charge in [0.25, 0.3) is 5.91 Å². The first kappa shape index (κ1) is 22.9. The minimum absolute atomic E-state index is 0.111. The maximum Gasteiger partial charge on any atom is 0.273 e. The zero-order valence-electron chi connectivity index (χ0n) is 16.4. The number of hydrogen-bond donors (Lipinski definition) is 2. The summed E-state index contributed by atoms with van der Waals surface area (Å²) >= 11 is 12.3. The van der Waals surface area contributed by atoms with Crippen LogP contribution in [-0.4, -0.2) is 31.8 Å². The normalized spacial score (nSPS) is 12.8. The second-order valence-corrected chi connectivity index (χ2v) is 6.86. The Bertz CT molecular complexity index is 880. The monoisotopic (exact) mass is 435 g/mol.